The van der Waals surface area contributed by atoms with Crippen LogP contribution in [-0.2, 0) is 6.54 Å². The van der Waals surface area contributed by atoms with Gasteiger partial charge in [0.15, 0.2) is 5.69 Å². The summed E-state index contributed by atoms with van der Waals surface area (Å²) in [5.74, 6) is -0.457. The van der Waals surface area contributed by atoms with Gasteiger partial charge in [0, 0.05) is 5.69 Å². The molecular weight excluding hydrogens is 376 g/mol. The van der Waals surface area contributed by atoms with Gasteiger partial charge < -0.3 is 5.32 Å². The van der Waals surface area contributed by atoms with E-state index in [1.165, 1.54) is 4.68 Å². The molecule has 0 aliphatic heterocycles. The van der Waals surface area contributed by atoms with Crippen molar-refractivity contribution in [3.63, 3.8) is 0 Å². The zero-order valence-electron chi connectivity index (χ0n) is 16.9. The topological polar surface area (TPSA) is 70.8 Å². The van der Waals surface area contributed by atoms with Gasteiger partial charge in [0.25, 0.3) is 0 Å². The Kier molecular flexibility index (Phi) is 5.30. The highest BCUT2D eigenvalue weighted by Crippen LogP contribution is 2.10. The molecule has 0 aliphatic rings. The van der Waals surface area contributed by atoms with E-state index < -0.39 is 11.5 Å². The third-order valence-corrected chi connectivity index (χ3v) is 4.90. The second-order valence-electron chi connectivity index (χ2n) is 7.32. The van der Waals surface area contributed by atoms with Gasteiger partial charge in [-0.05, 0) is 43.7 Å². The summed E-state index contributed by atoms with van der Waals surface area (Å²) >= 11 is 0. The second kappa shape index (κ2) is 8.21. The van der Waals surface area contributed by atoms with Gasteiger partial charge in [-0.1, -0.05) is 75.6 Å². The number of aromatic nitrogens is 3. The Hall–Kier alpha value is -3.93. The minimum atomic E-state index is -0.457. The zero-order valence-corrected chi connectivity index (χ0v) is 16.9. The minimum Gasteiger partial charge on any atom is -0.319 e. The fourth-order valence-corrected chi connectivity index (χ4v) is 3.23. The lowest BCUT2D eigenvalue weighted by Crippen LogP contribution is -2.45. The molecule has 0 spiro atoms. The number of anilines is 1. The molecule has 1 aromatic heterocycles. The van der Waals surface area contributed by atoms with E-state index in [4.69, 9.17) is 0 Å². The quantitative estimate of drug-likeness (QED) is 0.505. The highest BCUT2D eigenvalue weighted by molar-refractivity contribution is 6.01. The predicted molar refractivity (Wildman–Crippen MR) is 116 cm³/mol. The molecule has 0 atom stereocenters. The Morgan fingerprint density at radius 2 is 1.50 bits per heavy atom. The van der Waals surface area contributed by atoms with Crippen LogP contribution in [0.25, 0.3) is 5.69 Å². The molecule has 30 heavy (non-hydrogen) atoms. The summed E-state index contributed by atoms with van der Waals surface area (Å²) in [6.45, 7) is 4.33. The minimum absolute atomic E-state index is 0.0417. The number of hydrogen-bond acceptors (Lipinski definition) is 2. The van der Waals surface area contributed by atoms with Crippen LogP contribution in [0.2, 0.25) is 0 Å². The van der Waals surface area contributed by atoms with Gasteiger partial charge in [0.05, 0.1) is 0 Å². The van der Waals surface area contributed by atoms with E-state index in [1.807, 2.05) is 92.7 Å². The SMILES string of the molecule is Cc1ccc(NC(=O)c2c(=O)n(-c3ccc(C)cc3)[nH][n+]2Cc2ccccc2)cc1. The van der Waals surface area contributed by atoms with E-state index in [0.717, 1.165) is 16.7 Å². The first-order chi connectivity index (χ1) is 14.5. The molecule has 0 unspecified atom stereocenters. The molecule has 0 radical (unpaired) electrons. The van der Waals surface area contributed by atoms with Crippen molar-refractivity contribution < 1.29 is 9.48 Å². The van der Waals surface area contributed by atoms with Crippen molar-refractivity contribution in [2.45, 2.75) is 20.4 Å². The molecular formula is C24H23N4O2+. The largest absolute Gasteiger partial charge is 0.411 e. The predicted octanol–water partition coefficient (Wildman–Crippen LogP) is 3.37. The molecule has 1 amide bonds. The first kappa shape index (κ1) is 19.4. The van der Waals surface area contributed by atoms with Crippen LogP contribution < -0.4 is 15.6 Å². The highest BCUT2D eigenvalue weighted by atomic mass is 16.2. The molecule has 4 rings (SSSR count). The van der Waals surface area contributed by atoms with Gasteiger partial charge in [-0.15, -0.1) is 4.68 Å². The van der Waals surface area contributed by atoms with Crippen molar-refractivity contribution in [2.24, 2.45) is 0 Å². The molecule has 0 fully saturated rings. The molecule has 4 aromatic rings. The number of amides is 1. The Balaban J connectivity index is 1.76. The summed E-state index contributed by atoms with van der Waals surface area (Å²) in [7, 11) is 0. The van der Waals surface area contributed by atoms with Crippen LogP contribution in [0.5, 0.6) is 0 Å². The Bertz CT molecular complexity index is 1220. The van der Waals surface area contributed by atoms with Crippen LogP contribution in [0.3, 0.4) is 0 Å². The van der Waals surface area contributed by atoms with Crippen molar-refractivity contribution in [2.75, 3.05) is 5.32 Å². The summed E-state index contributed by atoms with van der Waals surface area (Å²) in [6, 6.07) is 24.7. The molecule has 0 bridgehead atoms. The Labute approximate surface area is 174 Å². The van der Waals surface area contributed by atoms with E-state index in [0.29, 0.717) is 17.9 Å². The van der Waals surface area contributed by atoms with Crippen LogP contribution in [0.4, 0.5) is 5.69 Å². The summed E-state index contributed by atoms with van der Waals surface area (Å²) in [4.78, 5) is 26.3. The molecule has 3 aromatic carbocycles. The summed E-state index contributed by atoms with van der Waals surface area (Å²) in [5.41, 5.74) is 4.10. The van der Waals surface area contributed by atoms with Crippen molar-refractivity contribution in [1.82, 2.24) is 9.90 Å². The van der Waals surface area contributed by atoms with E-state index in [9.17, 15) is 9.59 Å². The average molecular weight is 399 g/mol. The van der Waals surface area contributed by atoms with Crippen LogP contribution in [-0.4, -0.2) is 15.8 Å². The van der Waals surface area contributed by atoms with Crippen LogP contribution in [0, 0.1) is 13.8 Å². The molecule has 0 saturated carbocycles. The van der Waals surface area contributed by atoms with Gasteiger partial charge in [-0.2, -0.15) is 0 Å². The summed E-state index contributed by atoms with van der Waals surface area (Å²) < 4.78 is 2.98. The van der Waals surface area contributed by atoms with E-state index in [-0.39, 0.29) is 5.69 Å². The van der Waals surface area contributed by atoms with Crippen molar-refractivity contribution in [3.05, 3.63) is 112 Å². The first-order valence-corrected chi connectivity index (χ1v) is 9.75. The molecule has 150 valence electrons. The van der Waals surface area contributed by atoms with E-state index >= 15 is 0 Å². The normalized spacial score (nSPS) is 10.7. The lowest BCUT2D eigenvalue weighted by atomic mass is 10.2. The number of H-pyrrole nitrogens is 1. The number of rotatable bonds is 5. The van der Waals surface area contributed by atoms with Crippen molar-refractivity contribution in [1.29, 1.82) is 0 Å². The molecule has 6 heteroatoms. The number of carbonyl (C=O) groups is 1. The number of aromatic amines is 1. The highest BCUT2D eigenvalue weighted by Gasteiger charge is 2.29. The number of nitrogens with one attached hydrogen (secondary N) is 2. The fraction of sp³-hybridized carbons (Fsp3) is 0.125. The standard InChI is InChI=1S/C24H22N4O2/c1-17-8-12-20(13-9-17)25-23(29)22-24(30)28(21-14-10-18(2)11-15-21)26-27(22)16-19-6-4-3-5-7-19/h3-15H,16H2,1-2H3,(H-,25,26,29,30)/p+1. The molecule has 2 N–H and O–H groups in total. The third-order valence-electron chi connectivity index (χ3n) is 4.90. The van der Waals surface area contributed by atoms with Crippen LogP contribution >= 0.6 is 0 Å². The van der Waals surface area contributed by atoms with Crippen LogP contribution in [0.1, 0.15) is 27.2 Å². The summed E-state index contributed by atoms with van der Waals surface area (Å²) in [5, 5.41) is 5.90. The maximum absolute atomic E-state index is 13.2. The number of benzene rings is 3. The van der Waals surface area contributed by atoms with Gasteiger partial charge in [0.1, 0.15) is 6.54 Å². The molecule has 0 saturated heterocycles. The number of carbonyl (C=O) groups excluding carboxylic acids is 1. The third kappa shape index (κ3) is 4.07. The summed E-state index contributed by atoms with van der Waals surface area (Å²) in [6.07, 6.45) is 0. The monoisotopic (exact) mass is 399 g/mol. The lowest BCUT2D eigenvalue weighted by molar-refractivity contribution is -0.748. The first-order valence-electron chi connectivity index (χ1n) is 9.75. The lowest BCUT2D eigenvalue weighted by Gasteiger charge is -2.04. The fourth-order valence-electron chi connectivity index (χ4n) is 3.23. The maximum atomic E-state index is 13.2. The second-order valence-corrected chi connectivity index (χ2v) is 7.32. The van der Waals surface area contributed by atoms with Gasteiger partial charge >= 0.3 is 17.2 Å². The van der Waals surface area contributed by atoms with Gasteiger partial charge in [-0.3, -0.25) is 4.79 Å². The van der Waals surface area contributed by atoms with Gasteiger partial charge in [0.2, 0.25) is 0 Å². The van der Waals surface area contributed by atoms with Crippen molar-refractivity contribution in [3.8, 4) is 5.69 Å². The van der Waals surface area contributed by atoms with Crippen LogP contribution in [0.15, 0.2) is 83.7 Å². The smallest absolute Gasteiger partial charge is 0.319 e. The Morgan fingerprint density at radius 3 is 2.13 bits per heavy atom. The zero-order chi connectivity index (χ0) is 21.1. The molecule has 6 nitrogen and oxygen atoms in total. The Morgan fingerprint density at radius 1 is 0.900 bits per heavy atom. The average Bonchev–Trinajstić information content (AvgIpc) is 3.07. The van der Waals surface area contributed by atoms with Gasteiger partial charge in [-0.25, -0.2) is 4.79 Å². The molecule has 0 aliphatic carbocycles. The molecule has 1 heterocycles. The maximum Gasteiger partial charge on any atom is 0.411 e. The van der Waals surface area contributed by atoms with Crippen molar-refractivity contribution >= 4 is 11.6 Å². The number of hydrogen-bond donors (Lipinski definition) is 2. The number of aryl methyl sites for hydroxylation is 2. The van der Waals surface area contributed by atoms with E-state index in [2.05, 4.69) is 10.5 Å². The van der Waals surface area contributed by atoms with E-state index in [1.54, 1.807) is 4.68 Å². The number of nitrogens with zero attached hydrogens (tertiary/aromatic N) is 2.